The third-order valence-corrected chi connectivity index (χ3v) is 3.23. The molecule has 92 valence electrons. The number of methoxy groups -OCH3 is 1. The quantitative estimate of drug-likeness (QED) is 0.645. The number of nitrogens with one attached hydrogen (secondary N) is 1. The number of nitro benzene ring substituents is 1. The fourth-order valence-electron chi connectivity index (χ4n) is 1.83. The first-order valence-corrected chi connectivity index (χ1v) is 5.53. The van der Waals surface area contributed by atoms with Crippen molar-refractivity contribution in [3.05, 3.63) is 28.3 Å². The van der Waals surface area contributed by atoms with Gasteiger partial charge < -0.3 is 10.1 Å². The first kappa shape index (κ1) is 11.7. The predicted octanol–water partition coefficient (Wildman–Crippen LogP) is 2.81. The van der Waals surface area contributed by atoms with Crippen molar-refractivity contribution in [3.63, 3.8) is 0 Å². The van der Waals surface area contributed by atoms with E-state index in [0.29, 0.717) is 17.2 Å². The summed E-state index contributed by atoms with van der Waals surface area (Å²) in [7, 11) is 1.44. The number of hydrogen-bond donors (Lipinski definition) is 1. The molecule has 0 spiro atoms. The molecule has 1 fully saturated rings. The van der Waals surface area contributed by atoms with Gasteiger partial charge in [0.1, 0.15) is 0 Å². The molecule has 17 heavy (non-hydrogen) atoms. The van der Waals surface area contributed by atoms with Crippen LogP contribution in [0, 0.1) is 15.5 Å². The minimum absolute atomic E-state index is 0.00638. The Labute approximate surface area is 99.9 Å². The molecule has 1 N–H and O–H groups in total. The molecule has 1 aromatic carbocycles. The molecule has 1 unspecified atom stereocenters. The zero-order valence-electron chi connectivity index (χ0n) is 10.2. The van der Waals surface area contributed by atoms with Gasteiger partial charge in [-0.2, -0.15) is 0 Å². The zero-order valence-corrected chi connectivity index (χ0v) is 10.2. The third-order valence-electron chi connectivity index (χ3n) is 3.23. The minimum Gasteiger partial charge on any atom is -0.490 e. The molecule has 0 heterocycles. The number of nitro groups is 1. The second-order valence-electron chi connectivity index (χ2n) is 5.03. The molecular weight excluding hydrogens is 220 g/mol. The predicted molar refractivity (Wildman–Crippen MR) is 65.5 cm³/mol. The Morgan fingerprint density at radius 1 is 1.53 bits per heavy atom. The number of nitrogens with zero attached hydrogens (tertiary/aromatic N) is 1. The summed E-state index contributed by atoms with van der Waals surface area (Å²) in [5, 5.41) is 14.1. The van der Waals surface area contributed by atoms with Crippen LogP contribution >= 0.6 is 0 Å². The number of anilines is 1. The molecule has 2 rings (SSSR count). The van der Waals surface area contributed by atoms with Crippen LogP contribution in [0.2, 0.25) is 0 Å². The molecule has 5 nitrogen and oxygen atoms in total. The maximum Gasteiger partial charge on any atom is 0.311 e. The number of benzene rings is 1. The van der Waals surface area contributed by atoms with E-state index < -0.39 is 4.92 Å². The lowest BCUT2D eigenvalue weighted by Gasteiger charge is -2.09. The summed E-state index contributed by atoms with van der Waals surface area (Å²) in [6, 6.07) is 5.30. The Balaban J connectivity index is 2.17. The van der Waals surface area contributed by atoms with Gasteiger partial charge in [0.05, 0.1) is 12.0 Å². The van der Waals surface area contributed by atoms with Crippen LogP contribution in [0.4, 0.5) is 11.4 Å². The van der Waals surface area contributed by atoms with Crippen molar-refractivity contribution in [2.75, 3.05) is 12.4 Å². The van der Waals surface area contributed by atoms with Gasteiger partial charge in [-0.1, -0.05) is 13.8 Å². The summed E-state index contributed by atoms with van der Waals surface area (Å²) in [5.41, 5.74) is 1.17. The lowest BCUT2D eigenvalue weighted by Crippen LogP contribution is -2.08. The molecule has 1 aliphatic carbocycles. The van der Waals surface area contributed by atoms with Crippen molar-refractivity contribution in [2.24, 2.45) is 5.41 Å². The van der Waals surface area contributed by atoms with Gasteiger partial charge in [0.2, 0.25) is 0 Å². The Bertz CT molecular complexity index is 457. The highest BCUT2D eigenvalue weighted by Gasteiger charge is 2.45. The second-order valence-corrected chi connectivity index (χ2v) is 5.03. The summed E-state index contributed by atoms with van der Waals surface area (Å²) in [6.45, 7) is 4.38. The maximum absolute atomic E-state index is 10.7. The van der Waals surface area contributed by atoms with Gasteiger partial charge in [-0.15, -0.1) is 0 Å². The van der Waals surface area contributed by atoms with Crippen molar-refractivity contribution in [1.82, 2.24) is 0 Å². The second kappa shape index (κ2) is 3.91. The van der Waals surface area contributed by atoms with Crippen LogP contribution in [0.1, 0.15) is 20.3 Å². The molecule has 0 bridgehead atoms. The molecule has 1 saturated carbocycles. The van der Waals surface area contributed by atoms with Gasteiger partial charge >= 0.3 is 5.69 Å². The van der Waals surface area contributed by atoms with E-state index in [-0.39, 0.29) is 5.69 Å². The Morgan fingerprint density at radius 3 is 2.65 bits per heavy atom. The largest absolute Gasteiger partial charge is 0.490 e. The van der Waals surface area contributed by atoms with E-state index in [1.54, 1.807) is 12.1 Å². The van der Waals surface area contributed by atoms with Crippen molar-refractivity contribution < 1.29 is 9.66 Å². The van der Waals surface area contributed by atoms with E-state index in [1.165, 1.54) is 13.2 Å². The van der Waals surface area contributed by atoms with E-state index in [4.69, 9.17) is 4.74 Å². The Morgan fingerprint density at radius 2 is 2.18 bits per heavy atom. The van der Waals surface area contributed by atoms with Gasteiger partial charge in [0.15, 0.2) is 5.75 Å². The van der Waals surface area contributed by atoms with Crippen LogP contribution in [0.15, 0.2) is 18.2 Å². The van der Waals surface area contributed by atoms with Gasteiger partial charge in [0.25, 0.3) is 0 Å². The zero-order chi connectivity index (χ0) is 12.6. The lowest BCUT2D eigenvalue weighted by atomic mass is 10.2. The lowest BCUT2D eigenvalue weighted by molar-refractivity contribution is -0.385. The van der Waals surface area contributed by atoms with Crippen molar-refractivity contribution >= 4 is 11.4 Å². The smallest absolute Gasteiger partial charge is 0.311 e. The van der Waals surface area contributed by atoms with Crippen LogP contribution in [0.25, 0.3) is 0 Å². The minimum atomic E-state index is -0.441. The molecule has 0 amide bonds. The summed E-state index contributed by atoms with van der Waals surface area (Å²) in [5.74, 6) is 0.290. The van der Waals surface area contributed by atoms with Gasteiger partial charge in [0, 0.05) is 23.9 Å². The summed E-state index contributed by atoms with van der Waals surface area (Å²) in [4.78, 5) is 10.3. The SMILES string of the molecule is COc1cc(NC2CC2(C)C)ccc1[N+](=O)[O-]. The highest BCUT2D eigenvalue weighted by Crippen LogP contribution is 2.47. The van der Waals surface area contributed by atoms with Gasteiger partial charge in [-0.05, 0) is 17.9 Å². The van der Waals surface area contributed by atoms with Gasteiger partial charge in [-0.3, -0.25) is 10.1 Å². The molecule has 1 atom stereocenters. The number of ether oxygens (including phenoxy) is 1. The average molecular weight is 236 g/mol. The molecule has 1 aromatic rings. The number of hydrogen-bond acceptors (Lipinski definition) is 4. The first-order chi connectivity index (χ1) is 7.94. The molecular formula is C12H16N2O3. The van der Waals surface area contributed by atoms with Crippen molar-refractivity contribution in [2.45, 2.75) is 26.3 Å². The summed E-state index contributed by atoms with van der Waals surface area (Å²) in [6.07, 6.45) is 1.12. The maximum atomic E-state index is 10.7. The fourth-order valence-corrected chi connectivity index (χ4v) is 1.83. The van der Waals surface area contributed by atoms with Gasteiger partial charge in [-0.25, -0.2) is 0 Å². The summed E-state index contributed by atoms with van der Waals surface area (Å²) >= 11 is 0. The normalized spacial score (nSPS) is 20.8. The molecule has 0 aliphatic heterocycles. The Kier molecular flexibility index (Phi) is 2.69. The van der Waals surface area contributed by atoms with Crippen LogP contribution in [0.5, 0.6) is 5.75 Å². The van der Waals surface area contributed by atoms with E-state index in [2.05, 4.69) is 19.2 Å². The Hall–Kier alpha value is -1.78. The standard InChI is InChI=1S/C12H16N2O3/c1-12(2)7-11(12)13-8-4-5-9(14(15)16)10(6-8)17-3/h4-6,11,13H,7H2,1-3H3. The van der Waals surface area contributed by atoms with Crippen molar-refractivity contribution in [3.8, 4) is 5.75 Å². The number of rotatable bonds is 4. The van der Waals surface area contributed by atoms with Crippen LogP contribution in [-0.2, 0) is 0 Å². The highest BCUT2D eigenvalue weighted by atomic mass is 16.6. The van der Waals surface area contributed by atoms with E-state index in [0.717, 1.165) is 12.1 Å². The van der Waals surface area contributed by atoms with Crippen LogP contribution in [0.3, 0.4) is 0 Å². The highest BCUT2D eigenvalue weighted by molar-refractivity contribution is 5.59. The third kappa shape index (κ3) is 2.33. The van der Waals surface area contributed by atoms with Crippen molar-refractivity contribution in [1.29, 1.82) is 0 Å². The van der Waals surface area contributed by atoms with Crippen LogP contribution in [-0.4, -0.2) is 18.1 Å². The molecule has 0 saturated heterocycles. The van der Waals surface area contributed by atoms with Crippen LogP contribution < -0.4 is 10.1 Å². The average Bonchev–Trinajstić information content (AvgIpc) is 2.85. The molecule has 1 aliphatic rings. The fraction of sp³-hybridized carbons (Fsp3) is 0.500. The van der Waals surface area contributed by atoms with E-state index in [9.17, 15) is 10.1 Å². The summed E-state index contributed by atoms with van der Waals surface area (Å²) < 4.78 is 5.02. The van der Waals surface area contributed by atoms with E-state index >= 15 is 0 Å². The molecule has 5 heteroatoms. The molecule has 0 aromatic heterocycles. The topological polar surface area (TPSA) is 64.4 Å². The first-order valence-electron chi connectivity index (χ1n) is 5.53. The monoisotopic (exact) mass is 236 g/mol. The molecule has 0 radical (unpaired) electrons. The van der Waals surface area contributed by atoms with E-state index in [1.807, 2.05) is 0 Å².